The summed E-state index contributed by atoms with van der Waals surface area (Å²) in [6.07, 6.45) is 0.577. The fraction of sp³-hybridized carbons (Fsp3) is 0.429. The van der Waals surface area contributed by atoms with Gasteiger partial charge < -0.3 is 10.5 Å². The molecule has 1 aromatic carbocycles. The smallest absolute Gasteiger partial charge is 0.331 e. The molecule has 0 radical (unpaired) electrons. The number of nitrogens with two attached hydrogens (primary N) is 1. The van der Waals surface area contributed by atoms with E-state index in [1.54, 1.807) is 6.92 Å². The average molecular weight is 357 g/mol. The minimum Gasteiger partial charge on any atom is -0.464 e. The van der Waals surface area contributed by atoms with Crippen LogP contribution in [-0.2, 0) is 14.3 Å². The van der Waals surface area contributed by atoms with Crippen LogP contribution in [0.3, 0.4) is 0 Å². The minimum atomic E-state index is -0.528. The highest BCUT2D eigenvalue weighted by atomic mass is 79.9. The molecule has 1 aromatic rings. The van der Waals surface area contributed by atoms with E-state index < -0.39 is 6.04 Å². The Morgan fingerprint density at radius 1 is 1.65 bits per heavy atom. The lowest BCUT2D eigenvalue weighted by Crippen LogP contribution is -2.37. The van der Waals surface area contributed by atoms with E-state index in [-0.39, 0.29) is 10.7 Å². The highest BCUT2D eigenvalue weighted by Gasteiger charge is 2.39. The summed E-state index contributed by atoms with van der Waals surface area (Å²) >= 11 is 4.96. The number of benzene rings is 1. The second kappa shape index (κ2) is 6.18. The first-order chi connectivity index (χ1) is 9.44. The third kappa shape index (κ3) is 3.35. The molecule has 6 heteroatoms. The van der Waals surface area contributed by atoms with E-state index in [0.717, 1.165) is 10.0 Å². The number of esters is 1. The molecule has 2 N–H and O–H groups in total. The van der Waals surface area contributed by atoms with Crippen molar-refractivity contribution in [2.75, 3.05) is 6.61 Å². The molecule has 0 bridgehead atoms. The van der Waals surface area contributed by atoms with Crippen LogP contribution in [0, 0.1) is 0 Å². The summed E-state index contributed by atoms with van der Waals surface area (Å²) < 4.78 is 5.78. The first kappa shape index (κ1) is 15.4. The summed E-state index contributed by atoms with van der Waals surface area (Å²) in [4.78, 5) is 16.1. The van der Waals surface area contributed by atoms with E-state index >= 15 is 0 Å². The molecular formula is C14H17BrN2O2S. The summed E-state index contributed by atoms with van der Waals surface area (Å²) in [5.74, 6) is -0.308. The average Bonchev–Trinajstić information content (AvgIpc) is 2.38. The van der Waals surface area contributed by atoms with Crippen molar-refractivity contribution in [2.24, 2.45) is 10.7 Å². The van der Waals surface area contributed by atoms with Crippen molar-refractivity contribution in [3.05, 3.63) is 34.3 Å². The van der Waals surface area contributed by atoms with Crippen molar-refractivity contribution in [1.82, 2.24) is 0 Å². The van der Waals surface area contributed by atoms with Gasteiger partial charge in [-0.1, -0.05) is 39.8 Å². The number of hydrogen-bond acceptors (Lipinski definition) is 5. The van der Waals surface area contributed by atoms with Gasteiger partial charge >= 0.3 is 5.97 Å². The molecular weight excluding hydrogens is 340 g/mol. The van der Waals surface area contributed by atoms with Crippen molar-refractivity contribution in [2.45, 2.75) is 31.1 Å². The van der Waals surface area contributed by atoms with Crippen LogP contribution >= 0.6 is 27.7 Å². The summed E-state index contributed by atoms with van der Waals surface area (Å²) in [5.41, 5.74) is 7.02. The normalized spacial score (nSPS) is 25.9. The lowest BCUT2D eigenvalue weighted by atomic mass is 9.92. The molecule has 20 heavy (non-hydrogen) atoms. The van der Waals surface area contributed by atoms with E-state index in [4.69, 9.17) is 10.5 Å². The Labute approximate surface area is 131 Å². The molecule has 0 aliphatic carbocycles. The van der Waals surface area contributed by atoms with Gasteiger partial charge in [-0.15, -0.1) is 0 Å². The van der Waals surface area contributed by atoms with Gasteiger partial charge in [-0.25, -0.2) is 9.79 Å². The molecule has 1 aliphatic heterocycles. The number of carbonyl (C=O) groups excluding carboxylic acids is 1. The Kier molecular flexibility index (Phi) is 4.75. The summed E-state index contributed by atoms with van der Waals surface area (Å²) in [7, 11) is 0. The maximum Gasteiger partial charge on any atom is 0.331 e. The van der Waals surface area contributed by atoms with Gasteiger partial charge in [0.05, 0.1) is 6.61 Å². The zero-order valence-electron chi connectivity index (χ0n) is 11.4. The standard InChI is InChI=1S/C14H17BrN2O2S/c1-3-19-12(18)11-8-14(2,20-13(16)17-11)9-5-4-6-10(15)7-9/h4-7,11H,3,8H2,1-2H3,(H2,16,17). The topological polar surface area (TPSA) is 64.7 Å². The molecule has 2 unspecified atom stereocenters. The van der Waals surface area contributed by atoms with Crippen LogP contribution in [0.5, 0.6) is 0 Å². The number of halogens is 1. The van der Waals surface area contributed by atoms with Gasteiger partial charge in [-0.2, -0.15) is 0 Å². The number of ether oxygens (including phenoxy) is 1. The zero-order chi connectivity index (χ0) is 14.8. The predicted molar refractivity (Wildman–Crippen MR) is 85.7 cm³/mol. The fourth-order valence-corrected chi connectivity index (χ4v) is 3.76. The second-order valence-corrected chi connectivity index (χ2v) is 7.22. The molecule has 0 fully saturated rings. The van der Waals surface area contributed by atoms with Crippen LogP contribution in [0.2, 0.25) is 0 Å². The van der Waals surface area contributed by atoms with Crippen molar-refractivity contribution >= 4 is 38.8 Å². The molecule has 108 valence electrons. The summed E-state index contributed by atoms with van der Waals surface area (Å²) in [6.45, 7) is 4.22. The number of thioether (sulfide) groups is 1. The third-order valence-electron chi connectivity index (χ3n) is 3.19. The Balaban J connectivity index is 2.29. The van der Waals surface area contributed by atoms with E-state index in [1.165, 1.54) is 11.8 Å². The first-order valence-electron chi connectivity index (χ1n) is 6.39. The van der Waals surface area contributed by atoms with Crippen LogP contribution in [0.15, 0.2) is 33.7 Å². The molecule has 0 saturated heterocycles. The molecule has 0 spiro atoms. The molecule has 0 aromatic heterocycles. The number of amidine groups is 1. The number of hydrogen-bond donors (Lipinski definition) is 1. The van der Waals surface area contributed by atoms with Crippen LogP contribution in [0.4, 0.5) is 0 Å². The maximum atomic E-state index is 11.9. The molecule has 1 heterocycles. The molecule has 0 amide bonds. The molecule has 2 atom stereocenters. The zero-order valence-corrected chi connectivity index (χ0v) is 13.8. The van der Waals surface area contributed by atoms with E-state index in [2.05, 4.69) is 27.8 Å². The van der Waals surface area contributed by atoms with Crippen molar-refractivity contribution in [3.63, 3.8) is 0 Å². The quantitative estimate of drug-likeness (QED) is 0.845. The number of carbonyl (C=O) groups is 1. The van der Waals surface area contributed by atoms with Crippen molar-refractivity contribution in [1.29, 1.82) is 0 Å². The Hall–Kier alpha value is -1.01. The maximum absolute atomic E-state index is 11.9. The Bertz CT molecular complexity index is 550. The monoisotopic (exact) mass is 356 g/mol. The summed E-state index contributed by atoms with van der Waals surface area (Å²) in [5, 5.41) is 0.428. The molecule has 2 rings (SSSR count). The third-order valence-corrected chi connectivity index (χ3v) is 4.85. The van der Waals surface area contributed by atoms with Crippen LogP contribution < -0.4 is 5.73 Å². The SMILES string of the molecule is CCOC(=O)C1CC(C)(c2cccc(Br)c2)SC(N)=N1. The summed E-state index contributed by atoms with van der Waals surface area (Å²) in [6, 6.07) is 7.51. The fourth-order valence-electron chi connectivity index (χ4n) is 2.24. The first-order valence-corrected chi connectivity index (χ1v) is 8.00. The highest BCUT2D eigenvalue weighted by molar-refractivity contribution is 9.10. The van der Waals surface area contributed by atoms with Gasteiger partial charge in [0.1, 0.15) is 0 Å². The largest absolute Gasteiger partial charge is 0.464 e. The van der Waals surface area contributed by atoms with Gasteiger partial charge in [0, 0.05) is 9.22 Å². The highest BCUT2D eigenvalue weighted by Crippen LogP contribution is 2.44. The van der Waals surface area contributed by atoms with E-state index in [1.807, 2.05) is 24.3 Å². The van der Waals surface area contributed by atoms with Gasteiger partial charge in [-0.3, -0.25) is 0 Å². The predicted octanol–water partition coefficient (Wildman–Crippen LogP) is 3.05. The van der Waals surface area contributed by atoms with Crippen LogP contribution in [0.25, 0.3) is 0 Å². The Morgan fingerprint density at radius 3 is 3.05 bits per heavy atom. The lowest BCUT2D eigenvalue weighted by molar-refractivity contribution is -0.144. The van der Waals surface area contributed by atoms with Gasteiger partial charge in [-0.05, 0) is 38.0 Å². The van der Waals surface area contributed by atoms with Crippen molar-refractivity contribution in [3.8, 4) is 0 Å². The van der Waals surface area contributed by atoms with E-state index in [9.17, 15) is 4.79 Å². The van der Waals surface area contributed by atoms with E-state index in [0.29, 0.717) is 18.2 Å². The molecule has 1 aliphatic rings. The minimum absolute atomic E-state index is 0.285. The lowest BCUT2D eigenvalue weighted by Gasteiger charge is -2.34. The van der Waals surface area contributed by atoms with Crippen molar-refractivity contribution < 1.29 is 9.53 Å². The second-order valence-electron chi connectivity index (χ2n) is 4.78. The van der Waals surface area contributed by atoms with Gasteiger partial charge in [0.15, 0.2) is 11.2 Å². The number of rotatable bonds is 3. The number of aliphatic imine (C=N–C) groups is 1. The molecule has 4 nitrogen and oxygen atoms in total. The van der Waals surface area contributed by atoms with Gasteiger partial charge in [0.2, 0.25) is 0 Å². The Morgan fingerprint density at radius 2 is 2.40 bits per heavy atom. The van der Waals surface area contributed by atoms with Crippen LogP contribution in [0.1, 0.15) is 25.8 Å². The molecule has 0 saturated carbocycles. The van der Waals surface area contributed by atoms with Gasteiger partial charge in [0.25, 0.3) is 0 Å². The van der Waals surface area contributed by atoms with Crippen LogP contribution in [-0.4, -0.2) is 23.8 Å². The number of nitrogens with zero attached hydrogens (tertiary/aromatic N) is 1.